The minimum Gasteiger partial charge on any atom is -0.325 e. The lowest BCUT2D eigenvalue weighted by molar-refractivity contribution is -0.115. The van der Waals surface area contributed by atoms with Gasteiger partial charge in [0.2, 0.25) is 5.91 Å². The highest BCUT2D eigenvalue weighted by molar-refractivity contribution is 8.01. The van der Waals surface area contributed by atoms with Crippen LogP contribution in [0.5, 0.6) is 0 Å². The van der Waals surface area contributed by atoms with Crippen LogP contribution in [0.4, 0.5) is 5.69 Å². The molecule has 0 bridgehead atoms. The molecule has 1 atom stereocenters. The Morgan fingerprint density at radius 3 is 2.67 bits per heavy atom. The quantitative estimate of drug-likeness (QED) is 0.905. The number of rotatable bonds is 4. The van der Waals surface area contributed by atoms with Gasteiger partial charge in [-0.05, 0) is 31.9 Å². The van der Waals surface area contributed by atoms with Gasteiger partial charge >= 0.3 is 0 Å². The number of carbonyl (C=O) groups is 1. The summed E-state index contributed by atoms with van der Waals surface area (Å²) in [6.45, 7) is 2.00. The zero-order valence-electron chi connectivity index (χ0n) is 10.8. The van der Waals surface area contributed by atoms with Gasteiger partial charge in [-0.15, -0.1) is 11.8 Å². The normalized spacial score (nSPS) is 18.3. The van der Waals surface area contributed by atoms with Crippen LogP contribution in [0.15, 0.2) is 24.5 Å². The second-order valence-electron chi connectivity index (χ2n) is 4.76. The summed E-state index contributed by atoms with van der Waals surface area (Å²) < 4.78 is 0. The predicted molar refractivity (Wildman–Crippen MR) is 76.8 cm³/mol. The summed E-state index contributed by atoms with van der Waals surface area (Å²) in [6.07, 6.45) is 9.89. The third kappa shape index (κ3) is 4.02. The molecular formula is C14H20N2OS. The van der Waals surface area contributed by atoms with Gasteiger partial charge in [-0.25, -0.2) is 0 Å². The van der Waals surface area contributed by atoms with Crippen LogP contribution < -0.4 is 5.32 Å². The molecule has 2 rings (SSSR count). The Kier molecular flexibility index (Phi) is 5.05. The van der Waals surface area contributed by atoms with Crippen LogP contribution in [0.25, 0.3) is 0 Å². The van der Waals surface area contributed by atoms with E-state index in [1.807, 2.05) is 30.8 Å². The van der Waals surface area contributed by atoms with Crippen molar-refractivity contribution in [3.63, 3.8) is 0 Å². The van der Waals surface area contributed by atoms with Crippen molar-refractivity contribution in [3.8, 4) is 0 Å². The van der Waals surface area contributed by atoms with Crippen LogP contribution >= 0.6 is 11.8 Å². The van der Waals surface area contributed by atoms with Crippen LogP contribution in [0, 0.1) is 0 Å². The molecule has 18 heavy (non-hydrogen) atoms. The molecule has 1 heterocycles. The topological polar surface area (TPSA) is 42.0 Å². The number of carbonyl (C=O) groups excluding carboxylic acids is 1. The molecule has 0 saturated heterocycles. The number of thioether (sulfide) groups is 1. The number of anilines is 1. The van der Waals surface area contributed by atoms with Crippen molar-refractivity contribution in [3.05, 3.63) is 24.5 Å². The Morgan fingerprint density at radius 1 is 1.33 bits per heavy atom. The average molecular weight is 264 g/mol. The molecule has 0 radical (unpaired) electrons. The molecule has 98 valence electrons. The van der Waals surface area contributed by atoms with E-state index in [9.17, 15) is 4.79 Å². The first-order valence-electron chi connectivity index (χ1n) is 6.62. The van der Waals surface area contributed by atoms with Crippen LogP contribution in [-0.2, 0) is 4.79 Å². The van der Waals surface area contributed by atoms with E-state index in [1.54, 1.807) is 12.4 Å². The van der Waals surface area contributed by atoms with Crippen LogP contribution in [0.1, 0.15) is 39.0 Å². The average Bonchev–Trinajstić information content (AvgIpc) is 2.41. The van der Waals surface area contributed by atoms with E-state index >= 15 is 0 Å². The van der Waals surface area contributed by atoms with Gasteiger partial charge in [0.25, 0.3) is 0 Å². The molecule has 1 fully saturated rings. The van der Waals surface area contributed by atoms with Gasteiger partial charge in [-0.2, -0.15) is 0 Å². The van der Waals surface area contributed by atoms with Gasteiger partial charge in [0.05, 0.1) is 5.25 Å². The summed E-state index contributed by atoms with van der Waals surface area (Å²) in [5, 5.41) is 3.61. The summed E-state index contributed by atoms with van der Waals surface area (Å²) in [5.74, 6) is 0.0942. The standard InChI is InChI=1S/C14H20N2OS/c1-11(18-13-5-3-2-4-6-13)14(17)16-12-7-9-15-10-8-12/h7-11,13H,2-6H2,1H3,(H,15,16,17). The number of hydrogen-bond acceptors (Lipinski definition) is 3. The fourth-order valence-electron chi connectivity index (χ4n) is 2.23. The van der Waals surface area contributed by atoms with E-state index in [0.717, 1.165) is 5.69 Å². The van der Waals surface area contributed by atoms with Crippen molar-refractivity contribution >= 4 is 23.4 Å². The summed E-state index contributed by atoms with van der Waals surface area (Å²) in [5.41, 5.74) is 0.825. The maximum Gasteiger partial charge on any atom is 0.237 e. The number of amides is 1. The van der Waals surface area contributed by atoms with Crippen LogP contribution in [0.2, 0.25) is 0 Å². The van der Waals surface area contributed by atoms with Crippen LogP contribution in [0.3, 0.4) is 0 Å². The maximum atomic E-state index is 12.0. The predicted octanol–water partition coefficient (Wildman–Crippen LogP) is 3.47. The molecule has 1 aliphatic carbocycles. The van der Waals surface area contributed by atoms with E-state index in [0.29, 0.717) is 5.25 Å². The van der Waals surface area contributed by atoms with E-state index < -0.39 is 0 Å². The second-order valence-corrected chi connectivity index (χ2v) is 6.41. The molecule has 0 aromatic carbocycles. The van der Waals surface area contributed by atoms with E-state index in [4.69, 9.17) is 0 Å². The van der Waals surface area contributed by atoms with Gasteiger partial charge in [-0.1, -0.05) is 19.3 Å². The minimum absolute atomic E-state index is 0.0151. The van der Waals surface area contributed by atoms with Crippen molar-refractivity contribution in [2.24, 2.45) is 0 Å². The molecule has 0 spiro atoms. The van der Waals surface area contributed by atoms with Crippen molar-refractivity contribution in [2.45, 2.75) is 49.5 Å². The Bertz CT molecular complexity index is 377. The first kappa shape index (κ1) is 13.4. The first-order valence-corrected chi connectivity index (χ1v) is 7.56. The third-order valence-electron chi connectivity index (χ3n) is 3.27. The van der Waals surface area contributed by atoms with E-state index in [1.165, 1.54) is 32.1 Å². The largest absolute Gasteiger partial charge is 0.325 e. The highest BCUT2D eigenvalue weighted by Gasteiger charge is 2.21. The number of pyridine rings is 1. The maximum absolute atomic E-state index is 12.0. The second kappa shape index (κ2) is 6.78. The molecule has 3 nitrogen and oxygen atoms in total. The van der Waals surface area contributed by atoms with Gasteiger partial charge < -0.3 is 5.32 Å². The molecule has 1 aliphatic rings. The van der Waals surface area contributed by atoms with Crippen molar-refractivity contribution in [1.29, 1.82) is 0 Å². The molecule has 1 aromatic rings. The Morgan fingerprint density at radius 2 is 2.00 bits per heavy atom. The number of nitrogens with zero attached hydrogens (tertiary/aromatic N) is 1. The molecule has 1 aromatic heterocycles. The number of aromatic nitrogens is 1. The van der Waals surface area contributed by atoms with E-state index in [-0.39, 0.29) is 11.2 Å². The monoisotopic (exact) mass is 264 g/mol. The molecular weight excluding hydrogens is 244 g/mol. The van der Waals surface area contributed by atoms with Gasteiger partial charge in [0.1, 0.15) is 0 Å². The zero-order valence-corrected chi connectivity index (χ0v) is 11.6. The summed E-state index contributed by atoms with van der Waals surface area (Å²) in [4.78, 5) is 16.0. The van der Waals surface area contributed by atoms with Crippen molar-refractivity contribution in [1.82, 2.24) is 4.98 Å². The third-order valence-corrected chi connectivity index (χ3v) is 4.74. The summed E-state index contributed by atoms with van der Waals surface area (Å²) in [7, 11) is 0. The lowest BCUT2D eigenvalue weighted by Gasteiger charge is -2.23. The Hall–Kier alpha value is -1.03. The fourth-order valence-corrected chi connectivity index (χ4v) is 3.60. The lowest BCUT2D eigenvalue weighted by Crippen LogP contribution is -2.25. The Balaban J connectivity index is 1.81. The molecule has 4 heteroatoms. The first-order chi connectivity index (χ1) is 8.75. The van der Waals surface area contributed by atoms with Crippen molar-refractivity contribution in [2.75, 3.05) is 5.32 Å². The highest BCUT2D eigenvalue weighted by Crippen LogP contribution is 2.31. The van der Waals surface area contributed by atoms with Gasteiger partial charge in [-0.3, -0.25) is 9.78 Å². The summed E-state index contributed by atoms with van der Waals surface area (Å²) in [6, 6.07) is 3.63. The Labute approximate surface area is 113 Å². The molecule has 0 aliphatic heterocycles. The van der Waals surface area contributed by atoms with Gasteiger partial charge in [0, 0.05) is 23.3 Å². The fraction of sp³-hybridized carbons (Fsp3) is 0.571. The smallest absolute Gasteiger partial charge is 0.237 e. The number of nitrogens with one attached hydrogen (secondary N) is 1. The summed E-state index contributed by atoms with van der Waals surface area (Å²) >= 11 is 1.82. The van der Waals surface area contributed by atoms with Crippen molar-refractivity contribution < 1.29 is 4.79 Å². The number of hydrogen-bond donors (Lipinski definition) is 1. The highest BCUT2D eigenvalue weighted by atomic mass is 32.2. The zero-order chi connectivity index (χ0) is 12.8. The molecule has 1 saturated carbocycles. The van der Waals surface area contributed by atoms with E-state index in [2.05, 4.69) is 10.3 Å². The molecule has 1 N–H and O–H groups in total. The minimum atomic E-state index is 0.0151. The van der Waals surface area contributed by atoms with Gasteiger partial charge in [0.15, 0.2) is 0 Å². The SMILES string of the molecule is CC(SC1CCCCC1)C(=O)Nc1ccncc1. The lowest BCUT2D eigenvalue weighted by atomic mass is 10.0. The molecule has 1 unspecified atom stereocenters. The molecule has 1 amide bonds. The van der Waals surface area contributed by atoms with Crippen LogP contribution in [-0.4, -0.2) is 21.4 Å².